The Balaban J connectivity index is 2.68. The predicted octanol–water partition coefficient (Wildman–Crippen LogP) is 3.66. The molecule has 2 atom stereocenters. The Morgan fingerprint density at radius 3 is 2.15 bits per heavy atom. The summed E-state index contributed by atoms with van der Waals surface area (Å²) in [7, 11) is 1.90. The third-order valence-corrected chi connectivity index (χ3v) is 4.21. The second-order valence-corrected chi connectivity index (χ2v) is 6.82. The number of hydrogen-bond acceptors (Lipinski definition) is 2. The molecule has 1 aromatic carbocycles. The van der Waals surface area contributed by atoms with Gasteiger partial charge in [0.25, 0.3) is 0 Å². The number of nitrogens with two attached hydrogens (primary N) is 1. The maximum absolute atomic E-state index is 12.4. The summed E-state index contributed by atoms with van der Waals surface area (Å²) in [6.07, 6.45) is 0.529. The summed E-state index contributed by atoms with van der Waals surface area (Å²) in [5.41, 5.74) is 7.69. The number of hydrogen-bond donors (Lipinski definition) is 1. The van der Waals surface area contributed by atoms with Crippen molar-refractivity contribution in [2.24, 2.45) is 5.41 Å². The number of nitrogen functional groups attached to an aromatic ring is 1. The molecule has 0 spiro atoms. The van der Waals surface area contributed by atoms with Gasteiger partial charge < -0.3 is 10.6 Å². The topological polar surface area (TPSA) is 46.3 Å². The molecule has 0 aromatic heterocycles. The van der Waals surface area contributed by atoms with E-state index in [0.717, 1.165) is 11.3 Å². The van der Waals surface area contributed by atoms with Gasteiger partial charge in [-0.3, -0.25) is 4.79 Å². The zero-order valence-electron chi connectivity index (χ0n) is 13.6. The van der Waals surface area contributed by atoms with Gasteiger partial charge in [0.2, 0.25) is 5.91 Å². The van der Waals surface area contributed by atoms with Gasteiger partial charge >= 0.3 is 0 Å². The third kappa shape index (κ3) is 4.26. The summed E-state index contributed by atoms with van der Waals surface area (Å²) in [5, 5.41) is 0. The molecular weight excluding hydrogens is 248 g/mol. The highest BCUT2D eigenvalue weighted by molar-refractivity contribution is 5.77. The minimum Gasteiger partial charge on any atom is -0.399 e. The number of anilines is 1. The fourth-order valence-electron chi connectivity index (χ4n) is 2.15. The third-order valence-electron chi connectivity index (χ3n) is 4.21. The SMILES string of the molecule is CC(CC(=O)N(C)C(C)C(C)(C)C)c1ccc(N)cc1. The van der Waals surface area contributed by atoms with Gasteiger partial charge in [0.15, 0.2) is 0 Å². The lowest BCUT2D eigenvalue weighted by Crippen LogP contribution is -2.43. The molecule has 0 radical (unpaired) electrons. The van der Waals surface area contributed by atoms with Crippen LogP contribution in [0.1, 0.15) is 52.5 Å². The van der Waals surface area contributed by atoms with Crippen molar-refractivity contribution in [1.29, 1.82) is 0 Å². The number of carbonyl (C=O) groups is 1. The molecule has 2 unspecified atom stereocenters. The molecule has 0 saturated heterocycles. The summed E-state index contributed by atoms with van der Waals surface area (Å²) >= 11 is 0. The van der Waals surface area contributed by atoms with Gasteiger partial charge in [-0.25, -0.2) is 0 Å². The fraction of sp³-hybridized carbons (Fsp3) is 0.588. The predicted molar refractivity (Wildman–Crippen MR) is 85.6 cm³/mol. The van der Waals surface area contributed by atoms with Crippen LogP contribution >= 0.6 is 0 Å². The van der Waals surface area contributed by atoms with Crippen molar-refractivity contribution in [3.05, 3.63) is 29.8 Å². The summed E-state index contributed by atoms with van der Waals surface area (Å²) < 4.78 is 0. The van der Waals surface area contributed by atoms with E-state index in [2.05, 4.69) is 34.6 Å². The first kappa shape index (κ1) is 16.5. The molecule has 0 aliphatic carbocycles. The average molecular weight is 276 g/mol. The zero-order valence-corrected chi connectivity index (χ0v) is 13.6. The molecule has 1 amide bonds. The molecule has 0 aliphatic heterocycles. The van der Waals surface area contributed by atoms with Crippen LogP contribution in [0.15, 0.2) is 24.3 Å². The lowest BCUT2D eigenvalue weighted by molar-refractivity contribution is -0.134. The van der Waals surface area contributed by atoms with E-state index >= 15 is 0 Å². The Morgan fingerprint density at radius 1 is 1.20 bits per heavy atom. The Bertz CT molecular complexity index is 445. The number of amides is 1. The van der Waals surface area contributed by atoms with E-state index in [9.17, 15) is 4.79 Å². The molecule has 0 saturated carbocycles. The van der Waals surface area contributed by atoms with Crippen LogP contribution in [0.3, 0.4) is 0 Å². The molecule has 0 bridgehead atoms. The van der Waals surface area contributed by atoms with Crippen LogP contribution in [-0.4, -0.2) is 23.9 Å². The van der Waals surface area contributed by atoms with E-state index in [0.29, 0.717) is 6.42 Å². The van der Waals surface area contributed by atoms with Crippen LogP contribution in [0, 0.1) is 5.41 Å². The smallest absolute Gasteiger partial charge is 0.223 e. The van der Waals surface area contributed by atoms with Gasteiger partial charge in [0.1, 0.15) is 0 Å². The second-order valence-electron chi connectivity index (χ2n) is 6.82. The molecule has 0 fully saturated rings. The number of rotatable bonds is 4. The second kappa shape index (κ2) is 6.29. The van der Waals surface area contributed by atoms with Gasteiger partial charge in [-0.1, -0.05) is 39.8 Å². The highest BCUT2D eigenvalue weighted by Crippen LogP contribution is 2.26. The maximum atomic E-state index is 12.4. The molecule has 0 aliphatic rings. The minimum absolute atomic E-state index is 0.0921. The Hall–Kier alpha value is -1.51. The zero-order chi connectivity index (χ0) is 15.5. The van der Waals surface area contributed by atoms with Crippen molar-refractivity contribution >= 4 is 11.6 Å². The van der Waals surface area contributed by atoms with Crippen molar-refractivity contribution in [3.8, 4) is 0 Å². The van der Waals surface area contributed by atoms with Crippen molar-refractivity contribution in [3.63, 3.8) is 0 Å². The van der Waals surface area contributed by atoms with Crippen LogP contribution in [0.2, 0.25) is 0 Å². The molecule has 3 heteroatoms. The summed E-state index contributed by atoms with van der Waals surface area (Å²) in [5.74, 6) is 0.398. The van der Waals surface area contributed by atoms with Crippen molar-refractivity contribution in [1.82, 2.24) is 4.90 Å². The van der Waals surface area contributed by atoms with Gasteiger partial charge in [-0.15, -0.1) is 0 Å². The molecule has 1 aromatic rings. The van der Waals surface area contributed by atoms with Crippen LogP contribution in [0.5, 0.6) is 0 Å². The largest absolute Gasteiger partial charge is 0.399 e. The van der Waals surface area contributed by atoms with Crippen molar-refractivity contribution < 1.29 is 4.79 Å². The Kier molecular flexibility index (Phi) is 5.21. The average Bonchev–Trinajstić information content (AvgIpc) is 2.36. The normalized spacial score (nSPS) is 14.7. The summed E-state index contributed by atoms with van der Waals surface area (Å²) in [6, 6.07) is 7.99. The van der Waals surface area contributed by atoms with Gasteiger partial charge in [-0.05, 0) is 36.0 Å². The van der Waals surface area contributed by atoms with Gasteiger partial charge in [0.05, 0.1) is 0 Å². The van der Waals surface area contributed by atoms with E-state index < -0.39 is 0 Å². The van der Waals surface area contributed by atoms with Gasteiger partial charge in [0, 0.05) is 25.2 Å². The van der Waals surface area contributed by atoms with Crippen LogP contribution < -0.4 is 5.73 Å². The Morgan fingerprint density at radius 2 is 1.70 bits per heavy atom. The van der Waals surface area contributed by atoms with Crippen LogP contribution in [0.4, 0.5) is 5.69 Å². The van der Waals surface area contributed by atoms with E-state index in [-0.39, 0.29) is 23.3 Å². The molecule has 2 N–H and O–H groups in total. The van der Waals surface area contributed by atoms with Crippen LogP contribution in [-0.2, 0) is 4.79 Å². The van der Waals surface area contributed by atoms with E-state index in [1.165, 1.54) is 0 Å². The number of carbonyl (C=O) groups excluding carboxylic acids is 1. The summed E-state index contributed by atoms with van der Waals surface area (Å²) in [4.78, 5) is 14.3. The first-order valence-corrected chi connectivity index (χ1v) is 7.24. The fourth-order valence-corrected chi connectivity index (χ4v) is 2.15. The lowest BCUT2D eigenvalue weighted by Gasteiger charge is -2.36. The monoisotopic (exact) mass is 276 g/mol. The molecule has 1 rings (SSSR count). The minimum atomic E-state index is 0.0921. The van der Waals surface area contributed by atoms with Gasteiger partial charge in [-0.2, -0.15) is 0 Å². The highest BCUT2D eigenvalue weighted by Gasteiger charge is 2.27. The first-order valence-electron chi connectivity index (χ1n) is 7.24. The molecule has 0 heterocycles. The summed E-state index contributed by atoms with van der Waals surface area (Å²) in [6.45, 7) is 10.7. The van der Waals surface area contributed by atoms with E-state index in [4.69, 9.17) is 5.73 Å². The molecule has 3 nitrogen and oxygen atoms in total. The van der Waals surface area contributed by atoms with Crippen LogP contribution in [0.25, 0.3) is 0 Å². The van der Waals surface area contributed by atoms with Crippen molar-refractivity contribution in [2.75, 3.05) is 12.8 Å². The molecule has 20 heavy (non-hydrogen) atoms. The van der Waals surface area contributed by atoms with E-state index in [1.807, 2.05) is 36.2 Å². The Labute approximate surface area is 123 Å². The maximum Gasteiger partial charge on any atom is 0.223 e. The highest BCUT2D eigenvalue weighted by atomic mass is 16.2. The number of benzene rings is 1. The molecular formula is C17H28N2O. The molecule has 112 valence electrons. The van der Waals surface area contributed by atoms with Crippen molar-refractivity contribution in [2.45, 2.75) is 53.0 Å². The quantitative estimate of drug-likeness (QED) is 0.853. The number of nitrogens with zero attached hydrogens (tertiary/aromatic N) is 1. The first-order chi connectivity index (χ1) is 9.12. The van der Waals surface area contributed by atoms with E-state index in [1.54, 1.807) is 0 Å². The standard InChI is InChI=1S/C17H28N2O/c1-12(14-7-9-15(18)10-8-14)11-16(20)19(6)13(2)17(3,4)5/h7-10,12-13H,11,18H2,1-6H3. The lowest BCUT2D eigenvalue weighted by atomic mass is 9.86.